The van der Waals surface area contributed by atoms with E-state index in [0.717, 1.165) is 42.4 Å². The van der Waals surface area contributed by atoms with Crippen LogP contribution in [0.3, 0.4) is 0 Å². The Kier molecular flexibility index (Phi) is 3.84. The first-order valence-electron chi connectivity index (χ1n) is 7.20. The molecule has 1 aliphatic heterocycles. The molecule has 0 saturated carbocycles. The van der Waals surface area contributed by atoms with Crippen LogP contribution in [0.1, 0.15) is 16.8 Å². The number of hydrogen-bond donors (Lipinski definition) is 1. The van der Waals surface area contributed by atoms with E-state index in [2.05, 4.69) is 22.5 Å². The highest BCUT2D eigenvalue weighted by Crippen LogP contribution is 2.28. The molecular formula is C16H21N3O2. The average Bonchev–Trinajstić information content (AvgIpc) is 2.99. The first-order chi connectivity index (χ1) is 10.2. The van der Waals surface area contributed by atoms with Crippen LogP contribution in [0.25, 0.3) is 0 Å². The monoisotopic (exact) mass is 287 g/mol. The molecule has 2 aromatic rings. The van der Waals surface area contributed by atoms with Gasteiger partial charge in [0.05, 0.1) is 18.4 Å². The molecule has 5 nitrogen and oxygen atoms in total. The largest absolute Gasteiger partial charge is 0.488 e. The van der Waals surface area contributed by atoms with Crippen molar-refractivity contribution in [3.05, 3.63) is 41.1 Å². The predicted molar refractivity (Wildman–Crippen MR) is 80.8 cm³/mol. The Morgan fingerprint density at radius 3 is 3.00 bits per heavy atom. The van der Waals surface area contributed by atoms with Crippen LogP contribution in [0.2, 0.25) is 0 Å². The fourth-order valence-corrected chi connectivity index (χ4v) is 2.87. The van der Waals surface area contributed by atoms with Crippen LogP contribution >= 0.6 is 0 Å². The highest BCUT2D eigenvalue weighted by Gasteiger charge is 2.22. The van der Waals surface area contributed by atoms with Crippen LogP contribution in [0.4, 0.5) is 0 Å². The van der Waals surface area contributed by atoms with Gasteiger partial charge in [0, 0.05) is 26.6 Å². The van der Waals surface area contributed by atoms with E-state index in [-0.39, 0.29) is 6.10 Å². The van der Waals surface area contributed by atoms with E-state index < -0.39 is 0 Å². The summed E-state index contributed by atoms with van der Waals surface area (Å²) >= 11 is 0. The van der Waals surface area contributed by atoms with Gasteiger partial charge in [-0.2, -0.15) is 5.10 Å². The lowest BCUT2D eigenvalue weighted by Gasteiger charge is -2.12. The summed E-state index contributed by atoms with van der Waals surface area (Å²) in [6.45, 7) is 3.55. The lowest BCUT2D eigenvalue weighted by atomic mass is 10.1. The summed E-state index contributed by atoms with van der Waals surface area (Å²) in [5.74, 6) is 1.83. The zero-order chi connectivity index (χ0) is 14.8. The minimum absolute atomic E-state index is 0.199. The standard InChI is InChI=1S/C16H21N3O2/c1-11-14(16(20-3)19(2)18-11)10-17-9-13-8-12-6-4-5-7-15(12)21-13/h4-7,13,17H,8-10H2,1-3H3. The summed E-state index contributed by atoms with van der Waals surface area (Å²) in [7, 11) is 3.57. The third kappa shape index (κ3) is 2.74. The number of nitrogens with zero attached hydrogens (tertiary/aromatic N) is 2. The van der Waals surface area contributed by atoms with Crippen molar-refractivity contribution in [2.45, 2.75) is 26.0 Å². The Bertz CT molecular complexity index is 611. The fraction of sp³-hybridized carbons (Fsp3) is 0.438. The van der Waals surface area contributed by atoms with Gasteiger partial charge in [-0.25, -0.2) is 4.68 Å². The van der Waals surface area contributed by atoms with Crippen LogP contribution in [0.15, 0.2) is 24.3 Å². The molecule has 0 spiro atoms. The molecule has 2 heterocycles. The van der Waals surface area contributed by atoms with Crippen LogP contribution in [-0.4, -0.2) is 29.5 Å². The topological polar surface area (TPSA) is 48.3 Å². The Morgan fingerprint density at radius 2 is 2.24 bits per heavy atom. The normalized spacial score (nSPS) is 16.6. The molecular weight excluding hydrogens is 266 g/mol. The Labute approximate surface area is 124 Å². The molecule has 1 aliphatic rings. The summed E-state index contributed by atoms with van der Waals surface area (Å²) < 4.78 is 13.1. The number of hydrogen-bond acceptors (Lipinski definition) is 4. The lowest BCUT2D eigenvalue weighted by molar-refractivity contribution is 0.227. The maximum Gasteiger partial charge on any atom is 0.216 e. The second-order valence-corrected chi connectivity index (χ2v) is 5.38. The van der Waals surface area contributed by atoms with Gasteiger partial charge in [0.1, 0.15) is 11.9 Å². The Hall–Kier alpha value is -2.01. The molecule has 1 atom stereocenters. The summed E-state index contributed by atoms with van der Waals surface area (Å²) in [4.78, 5) is 0. The molecule has 112 valence electrons. The minimum atomic E-state index is 0.199. The summed E-state index contributed by atoms with van der Waals surface area (Å²) in [5.41, 5.74) is 3.40. The van der Waals surface area contributed by atoms with E-state index in [1.165, 1.54) is 5.56 Å². The van der Waals surface area contributed by atoms with Gasteiger partial charge in [0.2, 0.25) is 5.88 Å². The molecule has 1 N–H and O–H groups in total. The second kappa shape index (κ2) is 5.77. The third-order valence-corrected chi connectivity index (χ3v) is 3.87. The average molecular weight is 287 g/mol. The quantitative estimate of drug-likeness (QED) is 0.911. The van der Waals surface area contributed by atoms with Gasteiger partial charge >= 0.3 is 0 Å². The van der Waals surface area contributed by atoms with E-state index >= 15 is 0 Å². The number of benzene rings is 1. The van der Waals surface area contributed by atoms with E-state index in [4.69, 9.17) is 9.47 Å². The van der Waals surface area contributed by atoms with E-state index in [9.17, 15) is 0 Å². The van der Waals surface area contributed by atoms with Crippen LogP contribution in [0, 0.1) is 6.92 Å². The minimum Gasteiger partial charge on any atom is -0.488 e. The first kappa shape index (κ1) is 13.9. The van der Waals surface area contributed by atoms with E-state index in [1.807, 2.05) is 26.1 Å². The SMILES string of the molecule is COc1c(CNCC2Cc3ccccc3O2)c(C)nn1C. The fourth-order valence-electron chi connectivity index (χ4n) is 2.87. The Morgan fingerprint density at radius 1 is 1.43 bits per heavy atom. The number of aromatic nitrogens is 2. The highest BCUT2D eigenvalue weighted by atomic mass is 16.5. The third-order valence-electron chi connectivity index (χ3n) is 3.87. The highest BCUT2D eigenvalue weighted by molar-refractivity contribution is 5.37. The van der Waals surface area contributed by atoms with E-state index in [1.54, 1.807) is 11.8 Å². The molecule has 0 saturated heterocycles. The van der Waals surface area contributed by atoms with E-state index in [0.29, 0.717) is 0 Å². The maximum absolute atomic E-state index is 5.92. The smallest absolute Gasteiger partial charge is 0.216 e. The zero-order valence-corrected chi connectivity index (χ0v) is 12.7. The lowest BCUT2D eigenvalue weighted by Crippen LogP contribution is -2.29. The first-order valence-corrected chi connectivity index (χ1v) is 7.20. The zero-order valence-electron chi connectivity index (χ0n) is 12.7. The maximum atomic E-state index is 5.92. The summed E-state index contributed by atoms with van der Waals surface area (Å²) in [6, 6.07) is 8.23. The summed E-state index contributed by atoms with van der Waals surface area (Å²) in [6.07, 6.45) is 1.16. The van der Waals surface area contributed by atoms with Gasteiger partial charge in [-0.3, -0.25) is 0 Å². The van der Waals surface area contributed by atoms with Gasteiger partial charge in [0.25, 0.3) is 0 Å². The molecule has 1 unspecified atom stereocenters. The van der Waals surface area contributed by atoms with Crippen molar-refractivity contribution in [3.8, 4) is 11.6 Å². The van der Waals surface area contributed by atoms with Crippen LogP contribution < -0.4 is 14.8 Å². The number of para-hydroxylation sites is 1. The predicted octanol–water partition coefficient (Wildman–Crippen LogP) is 1.83. The number of fused-ring (bicyclic) bond motifs is 1. The van der Waals surface area contributed by atoms with Crippen LogP contribution in [-0.2, 0) is 20.0 Å². The number of methoxy groups -OCH3 is 1. The Balaban J connectivity index is 1.56. The van der Waals surface area contributed by atoms with Crippen molar-refractivity contribution in [1.82, 2.24) is 15.1 Å². The molecule has 0 radical (unpaired) electrons. The van der Waals surface area contributed by atoms with Gasteiger partial charge in [-0.05, 0) is 18.6 Å². The van der Waals surface area contributed by atoms with Gasteiger partial charge in [0.15, 0.2) is 0 Å². The molecule has 0 bridgehead atoms. The number of rotatable bonds is 5. The molecule has 1 aromatic carbocycles. The molecule has 3 rings (SSSR count). The number of nitrogens with one attached hydrogen (secondary N) is 1. The number of ether oxygens (including phenoxy) is 2. The molecule has 0 fully saturated rings. The molecule has 0 aliphatic carbocycles. The molecule has 0 amide bonds. The van der Waals surface area contributed by atoms with Gasteiger partial charge in [-0.1, -0.05) is 18.2 Å². The van der Waals surface area contributed by atoms with Crippen molar-refractivity contribution in [3.63, 3.8) is 0 Å². The molecule has 5 heteroatoms. The number of aryl methyl sites for hydroxylation is 2. The molecule has 1 aromatic heterocycles. The van der Waals surface area contributed by atoms with Crippen molar-refractivity contribution in [2.75, 3.05) is 13.7 Å². The second-order valence-electron chi connectivity index (χ2n) is 5.38. The van der Waals surface area contributed by atoms with Gasteiger partial charge in [-0.15, -0.1) is 0 Å². The van der Waals surface area contributed by atoms with Gasteiger partial charge < -0.3 is 14.8 Å². The van der Waals surface area contributed by atoms with Crippen molar-refractivity contribution in [2.24, 2.45) is 7.05 Å². The van der Waals surface area contributed by atoms with Crippen molar-refractivity contribution < 1.29 is 9.47 Å². The van der Waals surface area contributed by atoms with Crippen molar-refractivity contribution >= 4 is 0 Å². The van der Waals surface area contributed by atoms with Crippen molar-refractivity contribution in [1.29, 1.82) is 0 Å². The van der Waals surface area contributed by atoms with Crippen LogP contribution in [0.5, 0.6) is 11.6 Å². The summed E-state index contributed by atoms with van der Waals surface area (Å²) in [5, 5.41) is 7.83. The molecule has 21 heavy (non-hydrogen) atoms.